The maximum atomic E-state index is 5.28. The van der Waals surface area contributed by atoms with Crippen LogP contribution in [0.5, 0.6) is 0 Å². The molecule has 0 N–H and O–H groups in total. The van der Waals surface area contributed by atoms with Crippen LogP contribution < -0.4 is 0 Å². The summed E-state index contributed by atoms with van der Waals surface area (Å²) in [5.41, 5.74) is 11.6. The Kier molecular flexibility index (Phi) is 7.08. The molecule has 10 aromatic rings. The molecule has 0 aliphatic heterocycles. The van der Waals surface area contributed by atoms with Gasteiger partial charge in [0, 0.05) is 58.9 Å². The first-order chi connectivity index (χ1) is 27.3. The van der Waals surface area contributed by atoms with Gasteiger partial charge in [-0.05, 0) is 57.9 Å². The fourth-order valence-corrected chi connectivity index (χ4v) is 10.3. The molecular weight excluding hydrogens is 701 g/mol. The second kappa shape index (κ2) is 12.0. The van der Waals surface area contributed by atoms with Crippen LogP contribution in [0.25, 0.3) is 93.0 Å². The number of benzene rings is 7. The fraction of sp³-hybridized carbons (Fsp3) is 0.118. The quantitative estimate of drug-likeness (QED) is 0.181. The van der Waals surface area contributed by atoms with E-state index < -0.39 is 0 Å². The predicted molar refractivity (Wildman–Crippen MR) is 235 cm³/mol. The zero-order chi connectivity index (χ0) is 37.8. The Morgan fingerprint density at radius 3 is 1.95 bits per heavy atom. The molecule has 0 amide bonds. The van der Waals surface area contributed by atoms with E-state index in [1.54, 1.807) is 11.3 Å². The Hall–Kier alpha value is -6.43. The molecule has 0 fully saturated rings. The van der Waals surface area contributed by atoms with E-state index in [1.807, 2.05) is 18.2 Å². The van der Waals surface area contributed by atoms with Gasteiger partial charge in [-0.25, -0.2) is 15.0 Å². The van der Waals surface area contributed by atoms with Crippen LogP contribution in [-0.4, -0.2) is 19.5 Å². The van der Waals surface area contributed by atoms with Gasteiger partial charge >= 0.3 is 0 Å². The van der Waals surface area contributed by atoms with Crippen LogP contribution in [0.3, 0.4) is 0 Å². The summed E-state index contributed by atoms with van der Waals surface area (Å²) in [6.45, 7) is 9.60. The van der Waals surface area contributed by atoms with Crippen molar-refractivity contribution in [2.75, 3.05) is 0 Å². The molecule has 56 heavy (non-hydrogen) atoms. The van der Waals surface area contributed by atoms with Gasteiger partial charge < -0.3 is 4.57 Å². The molecule has 0 radical (unpaired) electrons. The van der Waals surface area contributed by atoms with Crippen LogP contribution in [0.1, 0.15) is 38.8 Å². The van der Waals surface area contributed by atoms with E-state index in [0.29, 0.717) is 17.5 Å². The lowest BCUT2D eigenvalue weighted by Gasteiger charge is -2.48. The van der Waals surface area contributed by atoms with Crippen molar-refractivity contribution in [3.8, 4) is 51.0 Å². The van der Waals surface area contributed by atoms with E-state index in [-0.39, 0.29) is 10.8 Å². The number of nitrogens with zero attached hydrogens (tertiary/aromatic N) is 4. The highest BCUT2D eigenvalue weighted by Crippen LogP contribution is 2.56. The van der Waals surface area contributed by atoms with Gasteiger partial charge in [-0.2, -0.15) is 0 Å². The average molecular weight is 739 g/mol. The van der Waals surface area contributed by atoms with Crippen molar-refractivity contribution in [1.29, 1.82) is 0 Å². The number of rotatable bonds is 4. The number of para-hydroxylation sites is 1. The Morgan fingerprint density at radius 2 is 1.09 bits per heavy atom. The van der Waals surface area contributed by atoms with Crippen LogP contribution in [0.15, 0.2) is 158 Å². The monoisotopic (exact) mass is 738 g/mol. The number of hydrogen-bond donors (Lipinski definition) is 0. The van der Waals surface area contributed by atoms with E-state index >= 15 is 0 Å². The molecule has 11 rings (SSSR count). The first kappa shape index (κ1) is 33.0. The van der Waals surface area contributed by atoms with Crippen LogP contribution in [0.2, 0.25) is 0 Å². The van der Waals surface area contributed by atoms with Gasteiger partial charge in [0.25, 0.3) is 0 Å². The molecule has 3 heterocycles. The third-order valence-electron chi connectivity index (χ3n) is 12.6. The maximum Gasteiger partial charge on any atom is 0.165 e. The van der Waals surface area contributed by atoms with Gasteiger partial charge in [0.2, 0.25) is 0 Å². The van der Waals surface area contributed by atoms with Gasteiger partial charge in [0.15, 0.2) is 17.5 Å². The summed E-state index contributed by atoms with van der Waals surface area (Å²) in [7, 11) is 0. The fourth-order valence-electron chi connectivity index (χ4n) is 9.09. The van der Waals surface area contributed by atoms with Crippen molar-refractivity contribution in [3.63, 3.8) is 0 Å². The van der Waals surface area contributed by atoms with Crippen molar-refractivity contribution < 1.29 is 0 Å². The minimum Gasteiger partial charge on any atom is -0.309 e. The topological polar surface area (TPSA) is 43.6 Å². The first-order valence-corrected chi connectivity index (χ1v) is 20.1. The lowest BCUT2D eigenvalue weighted by Crippen LogP contribution is -2.43. The Balaban J connectivity index is 1.17. The normalized spacial score (nSPS) is 14.4. The zero-order valence-electron chi connectivity index (χ0n) is 31.7. The lowest BCUT2D eigenvalue weighted by molar-refractivity contribution is 0.299. The first-order valence-electron chi connectivity index (χ1n) is 19.3. The molecule has 0 unspecified atom stereocenters. The van der Waals surface area contributed by atoms with Gasteiger partial charge in [0.1, 0.15) is 0 Å². The van der Waals surface area contributed by atoms with Crippen molar-refractivity contribution in [3.05, 3.63) is 169 Å². The third-order valence-corrected chi connectivity index (χ3v) is 13.8. The molecule has 7 aromatic carbocycles. The predicted octanol–water partition coefficient (Wildman–Crippen LogP) is 13.6. The Labute approximate surface area is 329 Å². The largest absolute Gasteiger partial charge is 0.309 e. The number of thiophene rings is 1. The second-order valence-corrected chi connectivity index (χ2v) is 17.1. The van der Waals surface area contributed by atoms with E-state index in [2.05, 4.69) is 172 Å². The van der Waals surface area contributed by atoms with Gasteiger partial charge in [-0.15, -0.1) is 11.3 Å². The molecular formula is C51H38N4S. The highest BCUT2D eigenvalue weighted by atomic mass is 32.1. The minimum absolute atomic E-state index is 0.0615. The second-order valence-electron chi connectivity index (χ2n) is 16.0. The molecule has 3 aromatic heterocycles. The van der Waals surface area contributed by atoms with Gasteiger partial charge in [0.05, 0.1) is 11.0 Å². The molecule has 0 spiro atoms. The standard InChI is InChI=1S/C51H38N4S/c1-50(2)40-25-11-8-22-38(40)44-41(51(50,3)4)29-28-36-34-20-9-12-26-42(34)55(45(36)44)33-19-14-18-32(30-33)48-52-47(31-16-6-5-7-17-31)53-49(54-48)39-24-15-23-37-35-21-10-13-27-43(35)56-46(37)39/h5-30H,1-4H3. The van der Waals surface area contributed by atoms with Crippen LogP contribution >= 0.6 is 11.3 Å². The van der Waals surface area contributed by atoms with E-state index in [9.17, 15) is 0 Å². The summed E-state index contributed by atoms with van der Waals surface area (Å²) in [5, 5.41) is 4.96. The number of aromatic nitrogens is 4. The maximum absolute atomic E-state index is 5.28. The molecule has 1 aliphatic rings. The summed E-state index contributed by atoms with van der Waals surface area (Å²) in [6.07, 6.45) is 0. The molecule has 0 bridgehead atoms. The van der Waals surface area contributed by atoms with Crippen molar-refractivity contribution in [2.45, 2.75) is 38.5 Å². The molecule has 0 saturated carbocycles. The third kappa shape index (κ3) is 4.67. The Morgan fingerprint density at radius 1 is 0.464 bits per heavy atom. The molecule has 1 aliphatic carbocycles. The van der Waals surface area contributed by atoms with Gasteiger partial charge in [-0.1, -0.05) is 155 Å². The highest BCUT2D eigenvalue weighted by molar-refractivity contribution is 7.26. The van der Waals surface area contributed by atoms with E-state index in [1.165, 1.54) is 64.2 Å². The van der Waals surface area contributed by atoms with Gasteiger partial charge in [-0.3, -0.25) is 0 Å². The van der Waals surface area contributed by atoms with E-state index in [0.717, 1.165) is 22.4 Å². The molecule has 268 valence electrons. The van der Waals surface area contributed by atoms with Crippen molar-refractivity contribution >= 4 is 53.3 Å². The SMILES string of the molecule is CC1(C)c2ccccc2-c2c(ccc3c4ccccc4n(-c4cccc(-c5nc(-c6ccccc6)nc(-c6cccc7c6sc6ccccc67)n5)c4)c23)C1(C)C. The van der Waals surface area contributed by atoms with Crippen molar-refractivity contribution in [1.82, 2.24) is 19.5 Å². The van der Waals surface area contributed by atoms with Crippen LogP contribution in [0, 0.1) is 0 Å². The van der Waals surface area contributed by atoms with E-state index in [4.69, 9.17) is 15.0 Å². The summed E-state index contributed by atoms with van der Waals surface area (Å²) in [4.78, 5) is 15.6. The smallest absolute Gasteiger partial charge is 0.165 e. The average Bonchev–Trinajstić information content (AvgIpc) is 3.79. The molecule has 4 nitrogen and oxygen atoms in total. The Bertz CT molecular complexity index is 3200. The molecule has 0 atom stereocenters. The van der Waals surface area contributed by atoms with Crippen LogP contribution in [0.4, 0.5) is 0 Å². The van der Waals surface area contributed by atoms with Crippen molar-refractivity contribution in [2.24, 2.45) is 0 Å². The number of fused-ring (bicyclic) bond motifs is 10. The molecule has 0 saturated heterocycles. The summed E-state index contributed by atoms with van der Waals surface area (Å²) in [5.74, 6) is 1.97. The highest BCUT2D eigenvalue weighted by Gasteiger charge is 2.46. The molecule has 5 heteroatoms. The summed E-state index contributed by atoms with van der Waals surface area (Å²) < 4.78 is 4.90. The summed E-state index contributed by atoms with van der Waals surface area (Å²) >= 11 is 1.79. The zero-order valence-corrected chi connectivity index (χ0v) is 32.5. The number of hydrogen-bond acceptors (Lipinski definition) is 4. The lowest BCUT2D eigenvalue weighted by atomic mass is 9.55. The summed E-state index contributed by atoms with van der Waals surface area (Å²) in [6, 6.07) is 56.6. The minimum atomic E-state index is -0.111. The van der Waals surface area contributed by atoms with Crippen LogP contribution in [-0.2, 0) is 10.8 Å².